The molecule has 0 aromatic heterocycles. The Balaban J connectivity index is 2.10. The Bertz CT molecular complexity index is 421. The van der Waals surface area contributed by atoms with Gasteiger partial charge in [0, 0.05) is 12.3 Å². The first-order valence-electron chi connectivity index (χ1n) is 5.18. The van der Waals surface area contributed by atoms with Crippen LogP contribution in [0.1, 0.15) is 12.8 Å². The van der Waals surface area contributed by atoms with Crippen LogP contribution in [0.2, 0.25) is 10.0 Å². The van der Waals surface area contributed by atoms with E-state index in [0.29, 0.717) is 18.7 Å². The van der Waals surface area contributed by atoms with Gasteiger partial charge in [-0.3, -0.25) is 4.79 Å². The second-order valence-corrected chi connectivity index (χ2v) is 4.59. The van der Waals surface area contributed by atoms with Gasteiger partial charge in [-0.1, -0.05) is 23.2 Å². The molecule has 1 amide bonds. The van der Waals surface area contributed by atoms with Crippen molar-refractivity contribution in [1.29, 1.82) is 0 Å². The van der Waals surface area contributed by atoms with E-state index in [2.05, 4.69) is 5.32 Å². The third kappa shape index (κ3) is 2.83. The fraction of sp³-hybridized carbons (Fsp3) is 0.364. The van der Waals surface area contributed by atoms with Crippen LogP contribution in [0.4, 0.5) is 5.69 Å². The number of amides is 1. The molecule has 6 heteroatoms. The van der Waals surface area contributed by atoms with Crippen LogP contribution in [0.3, 0.4) is 0 Å². The molecule has 4 nitrogen and oxygen atoms in total. The molecule has 2 N–H and O–H groups in total. The molecular weight excluding hydrogens is 265 g/mol. The van der Waals surface area contributed by atoms with Gasteiger partial charge in [-0.15, -0.1) is 0 Å². The average Bonchev–Trinajstić information content (AvgIpc) is 2.79. The molecule has 92 valence electrons. The summed E-state index contributed by atoms with van der Waals surface area (Å²) in [5.74, 6) is -0.413. The van der Waals surface area contributed by atoms with Crippen LogP contribution in [0, 0.1) is 0 Å². The number of benzene rings is 1. The number of phenolic OH excluding ortho intramolecular Hbond substituents is 1. The number of hydrogen-bond acceptors (Lipinski definition) is 3. The number of carbonyl (C=O) groups excluding carboxylic acids is 1. The van der Waals surface area contributed by atoms with Gasteiger partial charge < -0.3 is 15.2 Å². The maximum Gasteiger partial charge on any atom is 0.253 e. The highest BCUT2D eigenvalue weighted by Gasteiger charge is 2.23. The topological polar surface area (TPSA) is 58.6 Å². The van der Waals surface area contributed by atoms with E-state index in [9.17, 15) is 9.90 Å². The van der Waals surface area contributed by atoms with Crippen molar-refractivity contribution >= 4 is 34.8 Å². The fourth-order valence-electron chi connectivity index (χ4n) is 1.64. The first kappa shape index (κ1) is 12.5. The van der Waals surface area contributed by atoms with E-state index < -0.39 is 6.10 Å². The van der Waals surface area contributed by atoms with Gasteiger partial charge in [0.15, 0.2) is 5.75 Å². The van der Waals surface area contributed by atoms with Gasteiger partial charge in [0.2, 0.25) is 0 Å². The van der Waals surface area contributed by atoms with E-state index in [0.717, 1.165) is 6.42 Å². The minimum Gasteiger partial charge on any atom is -0.505 e. The van der Waals surface area contributed by atoms with Gasteiger partial charge in [0.1, 0.15) is 6.10 Å². The lowest BCUT2D eigenvalue weighted by Gasteiger charge is -2.11. The second-order valence-electron chi connectivity index (χ2n) is 3.78. The lowest BCUT2D eigenvalue weighted by molar-refractivity contribution is -0.124. The smallest absolute Gasteiger partial charge is 0.253 e. The fourth-order valence-corrected chi connectivity index (χ4v) is 2.13. The van der Waals surface area contributed by atoms with Crippen molar-refractivity contribution in [2.75, 3.05) is 11.9 Å². The molecule has 1 aliphatic heterocycles. The molecule has 0 unspecified atom stereocenters. The summed E-state index contributed by atoms with van der Waals surface area (Å²) in [5.41, 5.74) is 0.443. The van der Waals surface area contributed by atoms with Crippen molar-refractivity contribution in [3.8, 4) is 5.75 Å². The Hall–Kier alpha value is -0.970. The molecule has 0 radical (unpaired) electrons. The molecule has 1 atom stereocenters. The zero-order chi connectivity index (χ0) is 12.4. The number of hydrogen-bond donors (Lipinski definition) is 2. The molecule has 0 spiro atoms. The van der Waals surface area contributed by atoms with Gasteiger partial charge in [0.05, 0.1) is 10.0 Å². The highest BCUT2D eigenvalue weighted by atomic mass is 35.5. The summed E-state index contributed by atoms with van der Waals surface area (Å²) in [5, 5.41) is 12.2. The van der Waals surface area contributed by atoms with Crippen molar-refractivity contribution in [3.05, 3.63) is 22.2 Å². The van der Waals surface area contributed by atoms with Crippen molar-refractivity contribution in [3.63, 3.8) is 0 Å². The third-order valence-electron chi connectivity index (χ3n) is 2.51. The molecule has 0 saturated carbocycles. The van der Waals surface area contributed by atoms with Crippen LogP contribution in [-0.4, -0.2) is 23.7 Å². The first-order chi connectivity index (χ1) is 8.08. The number of nitrogens with one attached hydrogen (secondary N) is 1. The molecule has 0 aliphatic carbocycles. The van der Waals surface area contributed by atoms with Crippen LogP contribution in [0.25, 0.3) is 0 Å². The van der Waals surface area contributed by atoms with Crippen molar-refractivity contribution in [1.82, 2.24) is 0 Å². The van der Waals surface area contributed by atoms with E-state index in [1.807, 2.05) is 0 Å². The van der Waals surface area contributed by atoms with E-state index in [1.54, 1.807) is 0 Å². The van der Waals surface area contributed by atoms with Gasteiger partial charge >= 0.3 is 0 Å². The lowest BCUT2D eigenvalue weighted by Crippen LogP contribution is -2.26. The zero-order valence-electron chi connectivity index (χ0n) is 8.87. The number of ether oxygens (including phenoxy) is 1. The standard InChI is InChI=1S/C11H11Cl2NO3/c12-7-4-6(5-8(13)10(7)15)14-11(16)9-2-1-3-17-9/h4-5,9,15H,1-3H2,(H,14,16)/t9-/m1/s1. The predicted octanol–water partition coefficient (Wildman–Crippen LogP) is 2.82. The Morgan fingerprint density at radius 1 is 1.41 bits per heavy atom. The van der Waals surface area contributed by atoms with Crippen molar-refractivity contribution < 1.29 is 14.6 Å². The lowest BCUT2D eigenvalue weighted by atomic mass is 10.2. The Morgan fingerprint density at radius 3 is 2.59 bits per heavy atom. The minimum absolute atomic E-state index is 0.0974. The largest absolute Gasteiger partial charge is 0.505 e. The van der Waals surface area contributed by atoms with Gasteiger partial charge in [-0.25, -0.2) is 0 Å². The van der Waals surface area contributed by atoms with E-state index >= 15 is 0 Å². The summed E-state index contributed by atoms with van der Waals surface area (Å²) < 4.78 is 5.24. The Kier molecular flexibility index (Phi) is 3.76. The Labute approximate surface area is 108 Å². The monoisotopic (exact) mass is 275 g/mol. The summed E-state index contributed by atoms with van der Waals surface area (Å²) in [6, 6.07) is 2.88. The molecule has 1 aromatic rings. The number of rotatable bonds is 2. The maximum atomic E-state index is 11.7. The van der Waals surface area contributed by atoms with Crippen molar-refractivity contribution in [2.45, 2.75) is 18.9 Å². The second kappa shape index (κ2) is 5.12. The quantitative estimate of drug-likeness (QED) is 0.816. The van der Waals surface area contributed by atoms with E-state index in [4.69, 9.17) is 27.9 Å². The number of aromatic hydroxyl groups is 1. The molecule has 1 fully saturated rings. The maximum absolute atomic E-state index is 11.7. The average molecular weight is 276 g/mol. The number of anilines is 1. The highest BCUT2D eigenvalue weighted by molar-refractivity contribution is 6.37. The summed E-state index contributed by atoms with van der Waals surface area (Å²) in [7, 11) is 0. The summed E-state index contributed by atoms with van der Waals surface area (Å²) in [4.78, 5) is 11.7. The number of halogens is 2. The molecule has 1 aliphatic rings. The minimum atomic E-state index is -0.415. The first-order valence-corrected chi connectivity index (χ1v) is 5.94. The number of carbonyl (C=O) groups is 1. The van der Waals surface area contributed by atoms with Crippen LogP contribution < -0.4 is 5.32 Å². The van der Waals surface area contributed by atoms with E-state index in [-0.39, 0.29) is 21.7 Å². The molecule has 2 rings (SSSR count). The van der Waals surface area contributed by atoms with Gasteiger partial charge in [-0.05, 0) is 25.0 Å². The van der Waals surface area contributed by atoms with Crippen LogP contribution in [-0.2, 0) is 9.53 Å². The SMILES string of the molecule is O=C(Nc1cc(Cl)c(O)c(Cl)c1)[C@H]1CCCO1. The molecule has 17 heavy (non-hydrogen) atoms. The molecule has 1 heterocycles. The normalized spacial score (nSPS) is 19.3. The predicted molar refractivity (Wildman–Crippen MR) is 65.7 cm³/mol. The highest BCUT2D eigenvalue weighted by Crippen LogP contribution is 2.34. The van der Waals surface area contributed by atoms with Crippen molar-refractivity contribution in [2.24, 2.45) is 0 Å². The van der Waals surface area contributed by atoms with E-state index in [1.165, 1.54) is 12.1 Å². The van der Waals surface area contributed by atoms with Gasteiger partial charge in [-0.2, -0.15) is 0 Å². The van der Waals surface area contributed by atoms with Crippen LogP contribution in [0.15, 0.2) is 12.1 Å². The number of phenols is 1. The third-order valence-corrected chi connectivity index (χ3v) is 3.08. The van der Waals surface area contributed by atoms with Crippen LogP contribution in [0.5, 0.6) is 5.75 Å². The molecular formula is C11H11Cl2NO3. The molecule has 1 aromatic carbocycles. The summed E-state index contributed by atoms with van der Waals surface area (Å²) in [6.45, 7) is 0.606. The summed E-state index contributed by atoms with van der Waals surface area (Å²) in [6.07, 6.45) is 1.18. The summed E-state index contributed by atoms with van der Waals surface area (Å²) >= 11 is 11.5. The molecule has 0 bridgehead atoms. The van der Waals surface area contributed by atoms with Crippen LogP contribution >= 0.6 is 23.2 Å². The zero-order valence-corrected chi connectivity index (χ0v) is 10.4. The molecule has 1 saturated heterocycles. The van der Waals surface area contributed by atoms with Gasteiger partial charge in [0.25, 0.3) is 5.91 Å². The Morgan fingerprint density at radius 2 is 2.06 bits per heavy atom.